The predicted octanol–water partition coefficient (Wildman–Crippen LogP) is 1.95. The number of carbonyl (C=O) groups is 3. The summed E-state index contributed by atoms with van der Waals surface area (Å²) < 4.78 is 24.2. The minimum absolute atomic E-state index is 0.152. The highest BCUT2D eigenvalue weighted by molar-refractivity contribution is 7.91. The van der Waals surface area contributed by atoms with Crippen LogP contribution in [0.4, 0.5) is 11.4 Å². The molecule has 1 aliphatic heterocycles. The first kappa shape index (κ1) is 28.2. The fraction of sp³-hybridized carbons (Fsp3) is 0.357. The summed E-state index contributed by atoms with van der Waals surface area (Å²) in [6.07, 6.45) is 2.74. The van der Waals surface area contributed by atoms with E-state index >= 15 is 0 Å². The summed E-state index contributed by atoms with van der Waals surface area (Å²) >= 11 is 0. The SMILES string of the molecule is CN[C@@H](C)C(=O)N[C@@H]1C(=O)N(Cc2c(C)cnc3ccccc23)c2ccccc2N(C(=O)CS(C)(=O)=O)[C@H]1C. The molecule has 4 rings (SSSR count). The van der Waals surface area contributed by atoms with Gasteiger partial charge in [0.1, 0.15) is 11.8 Å². The molecular weight excluding hydrogens is 518 g/mol. The van der Waals surface area contributed by atoms with Gasteiger partial charge in [0, 0.05) is 17.8 Å². The van der Waals surface area contributed by atoms with Gasteiger partial charge in [-0.1, -0.05) is 30.3 Å². The number of para-hydroxylation sites is 3. The number of anilines is 2. The van der Waals surface area contributed by atoms with Crippen LogP contribution in [0.2, 0.25) is 0 Å². The fourth-order valence-corrected chi connectivity index (χ4v) is 5.42. The first-order valence-electron chi connectivity index (χ1n) is 12.6. The van der Waals surface area contributed by atoms with Crippen LogP contribution in [0.5, 0.6) is 0 Å². The number of carbonyl (C=O) groups excluding carboxylic acids is 3. The summed E-state index contributed by atoms with van der Waals surface area (Å²) in [4.78, 5) is 48.1. The number of nitrogens with one attached hydrogen (secondary N) is 2. The Hall–Kier alpha value is -3.83. The number of likely N-dealkylation sites (N-methyl/N-ethyl adjacent to an activating group) is 1. The highest BCUT2D eigenvalue weighted by Gasteiger charge is 2.43. The van der Waals surface area contributed by atoms with Gasteiger partial charge in [-0.15, -0.1) is 0 Å². The Balaban J connectivity index is 1.90. The van der Waals surface area contributed by atoms with Gasteiger partial charge in [-0.2, -0.15) is 0 Å². The standard InChI is InChI=1S/C28H33N5O5S/c1-17-14-30-22-11-7-6-10-20(22)21(17)15-32-23-12-8-9-13-24(23)33(25(34)16-39(5,37)38)19(3)26(28(32)36)31-27(35)18(2)29-4/h6-14,18-19,26,29H,15-16H2,1-5H3,(H,31,35)/t18-,19-,26-/m0/s1. The number of aromatic nitrogens is 1. The Kier molecular flexibility index (Phi) is 8.03. The zero-order chi connectivity index (χ0) is 28.5. The molecule has 2 aromatic carbocycles. The van der Waals surface area contributed by atoms with Crippen molar-refractivity contribution in [3.05, 3.63) is 65.9 Å². The normalized spacial score (nSPS) is 18.4. The van der Waals surface area contributed by atoms with Gasteiger partial charge in [-0.05, 0) is 57.1 Å². The van der Waals surface area contributed by atoms with E-state index in [9.17, 15) is 22.8 Å². The molecule has 0 bridgehead atoms. The smallest absolute Gasteiger partial charge is 0.252 e. The Morgan fingerprint density at radius 1 is 1.08 bits per heavy atom. The summed E-state index contributed by atoms with van der Waals surface area (Å²) in [6.45, 7) is 5.37. The predicted molar refractivity (Wildman–Crippen MR) is 151 cm³/mol. The number of fused-ring (bicyclic) bond motifs is 2. The monoisotopic (exact) mass is 551 g/mol. The van der Waals surface area contributed by atoms with Gasteiger partial charge in [-0.3, -0.25) is 19.4 Å². The molecule has 10 nitrogen and oxygen atoms in total. The average molecular weight is 552 g/mol. The van der Waals surface area contributed by atoms with Gasteiger partial charge in [-0.25, -0.2) is 8.42 Å². The molecule has 11 heteroatoms. The molecular formula is C28H33N5O5S. The van der Waals surface area contributed by atoms with Crippen LogP contribution in [0.25, 0.3) is 10.9 Å². The number of rotatable bonds is 7. The number of sulfone groups is 1. The largest absolute Gasteiger partial charge is 0.341 e. The van der Waals surface area contributed by atoms with Crippen molar-refractivity contribution in [2.24, 2.45) is 0 Å². The van der Waals surface area contributed by atoms with Crippen molar-refractivity contribution < 1.29 is 22.8 Å². The van der Waals surface area contributed by atoms with Crippen LogP contribution in [0.1, 0.15) is 25.0 Å². The number of hydrogen-bond donors (Lipinski definition) is 2. The molecule has 0 spiro atoms. The first-order chi connectivity index (χ1) is 18.4. The Labute approximate surface area is 228 Å². The molecule has 39 heavy (non-hydrogen) atoms. The number of aryl methyl sites for hydroxylation is 1. The summed E-state index contributed by atoms with van der Waals surface area (Å²) in [5, 5.41) is 6.55. The highest BCUT2D eigenvalue weighted by Crippen LogP contribution is 2.37. The van der Waals surface area contributed by atoms with Gasteiger partial charge in [0.25, 0.3) is 5.91 Å². The lowest BCUT2D eigenvalue weighted by atomic mass is 10.0. The van der Waals surface area contributed by atoms with Gasteiger partial charge in [0.2, 0.25) is 11.8 Å². The molecule has 1 aromatic heterocycles. The van der Waals surface area contributed by atoms with Crippen LogP contribution in [0.15, 0.2) is 54.7 Å². The topological polar surface area (TPSA) is 129 Å². The number of nitrogens with zero attached hydrogens (tertiary/aromatic N) is 3. The lowest BCUT2D eigenvalue weighted by Crippen LogP contribution is -2.60. The van der Waals surface area contributed by atoms with E-state index in [4.69, 9.17) is 0 Å². The van der Waals surface area contributed by atoms with Gasteiger partial charge in [0.15, 0.2) is 9.84 Å². The summed E-state index contributed by atoms with van der Waals surface area (Å²) in [7, 11) is -2.04. The van der Waals surface area contributed by atoms with Gasteiger partial charge >= 0.3 is 0 Å². The maximum Gasteiger partial charge on any atom is 0.252 e. The molecule has 0 saturated carbocycles. The van der Waals surface area contributed by atoms with Crippen molar-refractivity contribution in [3.8, 4) is 0 Å². The molecule has 3 amide bonds. The molecule has 3 atom stereocenters. The summed E-state index contributed by atoms with van der Waals surface area (Å²) in [6, 6.07) is 11.9. The lowest BCUT2D eigenvalue weighted by molar-refractivity contribution is -0.129. The van der Waals surface area contributed by atoms with Gasteiger partial charge < -0.3 is 20.4 Å². The Morgan fingerprint density at radius 3 is 2.38 bits per heavy atom. The second-order valence-corrected chi connectivity index (χ2v) is 12.1. The van der Waals surface area contributed by atoms with Crippen LogP contribution in [0.3, 0.4) is 0 Å². The number of hydrogen-bond acceptors (Lipinski definition) is 7. The van der Waals surface area contributed by atoms with Crippen LogP contribution in [0, 0.1) is 6.92 Å². The molecule has 2 N–H and O–H groups in total. The number of amides is 3. The fourth-order valence-electron chi connectivity index (χ4n) is 4.83. The van der Waals surface area contributed by atoms with Crippen LogP contribution in [-0.2, 0) is 30.8 Å². The second kappa shape index (κ2) is 11.1. The lowest BCUT2D eigenvalue weighted by Gasteiger charge is -2.32. The molecule has 0 fully saturated rings. The third-order valence-corrected chi connectivity index (χ3v) is 7.82. The summed E-state index contributed by atoms with van der Waals surface area (Å²) in [5.41, 5.74) is 3.36. The molecule has 3 aromatic rings. The molecule has 206 valence electrons. The summed E-state index contributed by atoms with van der Waals surface area (Å²) in [5.74, 6) is -2.25. The first-order valence-corrected chi connectivity index (χ1v) is 14.7. The maximum atomic E-state index is 14.3. The quantitative estimate of drug-likeness (QED) is 0.459. The molecule has 0 radical (unpaired) electrons. The van der Waals surface area contributed by atoms with E-state index in [0.29, 0.717) is 11.4 Å². The zero-order valence-electron chi connectivity index (χ0n) is 22.6. The van der Waals surface area contributed by atoms with E-state index in [0.717, 1.165) is 28.3 Å². The van der Waals surface area contributed by atoms with E-state index < -0.39 is 51.4 Å². The maximum absolute atomic E-state index is 14.3. The Bertz CT molecular complexity index is 1540. The molecule has 2 heterocycles. The number of pyridine rings is 1. The van der Waals surface area contributed by atoms with Crippen molar-refractivity contribution in [2.75, 3.05) is 28.9 Å². The zero-order valence-corrected chi connectivity index (χ0v) is 23.5. The van der Waals surface area contributed by atoms with Crippen molar-refractivity contribution in [1.82, 2.24) is 15.6 Å². The second-order valence-electron chi connectivity index (χ2n) is 9.92. The van der Waals surface area contributed by atoms with Crippen molar-refractivity contribution in [1.29, 1.82) is 0 Å². The highest BCUT2D eigenvalue weighted by atomic mass is 32.2. The molecule has 0 aliphatic carbocycles. The van der Waals surface area contributed by atoms with Crippen LogP contribution < -0.4 is 20.4 Å². The molecule has 1 aliphatic rings. The van der Waals surface area contributed by atoms with Crippen molar-refractivity contribution in [2.45, 2.75) is 45.4 Å². The minimum atomic E-state index is -3.67. The van der Waals surface area contributed by atoms with Crippen molar-refractivity contribution in [3.63, 3.8) is 0 Å². The third kappa shape index (κ3) is 5.79. The van der Waals surface area contributed by atoms with Crippen molar-refractivity contribution >= 4 is 49.8 Å². The van der Waals surface area contributed by atoms with Gasteiger partial charge in [0.05, 0.1) is 35.5 Å². The third-order valence-electron chi connectivity index (χ3n) is 7.05. The van der Waals surface area contributed by atoms with E-state index in [1.165, 1.54) is 4.90 Å². The number of benzene rings is 2. The van der Waals surface area contributed by atoms with E-state index in [2.05, 4.69) is 15.6 Å². The molecule has 0 unspecified atom stereocenters. The minimum Gasteiger partial charge on any atom is -0.341 e. The molecule has 0 saturated heterocycles. The van der Waals surface area contributed by atoms with Crippen LogP contribution >= 0.6 is 0 Å². The Morgan fingerprint density at radius 2 is 1.72 bits per heavy atom. The van der Waals surface area contributed by atoms with E-state index in [1.54, 1.807) is 56.3 Å². The van der Waals surface area contributed by atoms with Crippen LogP contribution in [-0.4, -0.2) is 68.3 Å². The van der Waals surface area contributed by atoms with E-state index in [-0.39, 0.29) is 6.54 Å². The van der Waals surface area contributed by atoms with E-state index in [1.807, 2.05) is 31.2 Å². The average Bonchev–Trinajstić information content (AvgIpc) is 2.97.